The van der Waals surface area contributed by atoms with E-state index in [2.05, 4.69) is 0 Å². The molecule has 0 bridgehead atoms. The highest BCUT2D eigenvalue weighted by Gasteiger charge is 2.33. The molecule has 0 saturated heterocycles. The first-order valence-corrected chi connectivity index (χ1v) is 5.92. The van der Waals surface area contributed by atoms with Crippen molar-refractivity contribution in [1.82, 2.24) is 0 Å². The quantitative estimate of drug-likeness (QED) is 0.313. The minimum Gasteiger partial charge on any atom is -0.422 e. The molecule has 1 aromatic carbocycles. The Morgan fingerprint density at radius 1 is 1.12 bits per heavy atom. The predicted molar refractivity (Wildman–Crippen MR) is 67.4 cm³/mol. The summed E-state index contributed by atoms with van der Waals surface area (Å²) in [6, 6.07) is 2.67. The Bertz CT molecular complexity index is 425. The van der Waals surface area contributed by atoms with Crippen LogP contribution < -0.4 is 4.74 Å². The summed E-state index contributed by atoms with van der Waals surface area (Å²) >= 11 is 33.1. The molecule has 0 aromatic heterocycles. The van der Waals surface area contributed by atoms with Crippen LogP contribution in [-0.4, -0.2) is 9.76 Å². The number of ether oxygens (including phenoxy) is 1. The molecule has 0 saturated carbocycles. The molecule has 0 aliphatic rings. The van der Waals surface area contributed by atoms with Gasteiger partial charge in [0.15, 0.2) is 5.75 Å². The highest BCUT2D eigenvalue weighted by molar-refractivity contribution is 6.75. The molecule has 0 N–H and O–H groups in total. The van der Waals surface area contributed by atoms with Crippen molar-refractivity contribution < 1.29 is 9.53 Å². The maximum atomic E-state index is 11.2. The first kappa shape index (κ1) is 14.5. The lowest BCUT2D eigenvalue weighted by Crippen LogP contribution is -2.24. The molecular weight excluding hydrogens is 341 g/mol. The van der Waals surface area contributed by atoms with Crippen LogP contribution in [-0.2, 0) is 4.79 Å². The van der Waals surface area contributed by atoms with Gasteiger partial charge in [0.2, 0.25) is 0 Å². The summed E-state index contributed by atoms with van der Waals surface area (Å²) in [5.41, 5.74) is 0. The number of carbonyl (C=O) groups excluding carboxylic acids is 1. The first-order valence-electron chi connectivity index (χ1n) is 3.65. The Labute approximate surface area is 121 Å². The summed E-state index contributed by atoms with van der Waals surface area (Å²) in [4.78, 5) is 11.2. The van der Waals surface area contributed by atoms with Gasteiger partial charge in [0.05, 0.1) is 5.02 Å². The van der Waals surface area contributed by atoms with Crippen LogP contribution in [0.1, 0.15) is 0 Å². The number of hydrogen-bond donors (Lipinski definition) is 0. The van der Waals surface area contributed by atoms with Crippen molar-refractivity contribution in [3.63, 3.8) is 0 Å². The van der Waals surface area contributed by atoms with Crippen molar-refractivity contribution >= 4 is 75.6 Å². The molecule has 0 fully saturated rings. The van der Waals surface area contributed by atoms with Gasteiger partial charge in [-0.3, -0.25) is 0 Å². The van der Waals surface area contributed by atoms with Crippen molar-refractivity contribution in [3.05, 3.63) is 27.2 Å². The van der Waals surface area contributed by atoms with Crippen LogP contribution >= 0.6 is 69.6 Å². The molecule has 0 radical (unpaired) electrons. The Hall–Kier alpha value is 0.430. The van der Waals surface area contributed by atoms with Gasteiger partial charge in [-0.2, -0.15) is 0 Å². The summed E-state index contributed by atoms with van der Waals surface area (Å²) in [6.45, 7) is 0. The van der Waals surface area contributed by atoms with Crippen LogP contribution in [0.15, 0.2) is 12.1 Å². The fourth-order valence-corrected chi connectivity index (χ4v) is 1.50. The highest BCUT2D eigenvalue weighted by atomic mass is 35.6. The molecule has 0 unspecified atom stereocenters. The van der Waals surface area contributed by atoms with Gasteiger partial charge in [0.1, 0.15) is 5.02 Å². The van der Waals surface area contributed by atoms with Gasteiger partial charge in [-0.15, -0.1) is 0 Å². The average Bonchev–Trinajstić information content (AvgIpc) is 2.11. The van der Waals surface area contributed by atoms with E-state index in [1.165, 1.54) is 12.1 Å². The van der Waals surface area contributed by atoms with E-state index in [4.69, 9.17) is 74.3 Å². The zero-order chi connectivity index (χ0) is 12.5. The van der Waals surface area contributed by atoms with Crippen molar-refractivity contribution in [1.29, 1.82) is 0 Å². The van der Waals surface area contributed by atoms with E-state index in [0.717, 1.165) is 0 Å². The zero-order valence-corrected chi connectivity index (χ0v) is 11.8. The summed E-state index contributed by atoms with van der Waals surface area (Å²) < 4.78 is 2.54. The third-order valence-corrected chi connectivity index (χ3v) is 2.86. The molecule has 0 spiro atoms. The van der Waals surface area contributed by atoms with Gasteiger partial charge >= 0.3 is 5.97 Å². The molecule has 88 valence electrons. The first-order chi connectivity index (χ1) is 7.21. The van der Waals surface area contributed by atoms with Crippen molar-refractivity contribution in [2.75, 3.05) is 0 Å². The van der Waals surface area contributed by atoms with Gasteiger partial charge in [0, 0.05) is 11.1 Å². The number of hydrogen-bond acceptors (Lipinski definition) is 2. The van der Waals surface area contributed by atoms with Crippen LogP contribution in [0.4, 0.5) is 0 Å². The molecule has 0 amide bonds. The van der Waals surface area contributed by atoms with Crippen LogP contribution in [0.3, 0.4) is 0 Å². The second-order valence-corrected chi connectivity index (χ2v) is 6.09. The Morgan fingerprint density at radius 2 is 1.69 bits per heavy atom. The van der Waals surface area contributed by atoms with Crippen molar-refractivity contribution in [3.8, 4) is 5.75 Å². The largest absolute Gasteiger partial charge is 0.422 e. The lowest BCUT2D eigenvalue weighted by molar-refractivity contribution is -0.133. The predicted octanol–water partition coefficient (Wildman–Crippen LogP) is 4.92. The fourth-order valence-electron chi connectivity index (χ4n) is 0.764. The number of rotatable bonds is 1. The second kappa shape index (κ2) is 5.38. The molecule has 1 rings (SSSR count). The lowest BCUT2D eigenvalue weighted by Gasteiger charge is -2.12. The topological polar surface area (TPSA) is 26.3 Å². The average molecular weight is 343 g/mol. The maximum absolute atomic E-state index is 11.2. The Balaban J connectivity index is 3.03. The second-order valence-electron chi connectivity index (χ2n) is 2.59. The standard InChI is InChI=1S/C8H2Cl6O2/c9-3-1-4(10)6(11)5(2-3)16-7(15)8(12,13)14/h1-2H. The minimum absolute atomic E-state index is 0.00802. The molecule has 2 nitrogen and oxygen atoms in total. The molecule has 16 heavy (non-hydrogen) atoms. The van der Waals surface area contributed by atoms with E-state index in [1.54, 1.807) is 0 Å². The van der Waals surface area contributed by atoms with Crippen molar-refractivity contribution in [2.24, 2.45) is 0 Å². The molecule has 0 heterocycles. The van der Waals surface area contributed by atoms with Gasteiger partial charge in [0.25, 0.3) is 3.79 Å². The van der Waals surface area contributed by atoms with E-state index in [9.17, 15) is 4.79 Å². The van der Waals surface area contributed by atoms with Crippen LogP contribution in [0.5, 0.6) is 5.75 Å². The van der Waals surface area contributed by atoms with Crippen LogP contribution in [0, 0.1) is 0 Å². The third-order valence-electron chi connectivity index (χ3n) is 1.39. The lowest BCUT2D eigenvalue weighted by atomic mass is 10.3. The smallest absolute Gasteiger partial charge is 0.363 e. The fraction of sp³-hybridized carbons (Fsp3) is 0.125. The summed E-state index contributed by atoms with van der Waals surface area (Å²) in [5, 5.41) is 0.372. The van der Waals surface area contributed by atoms with E-state index in [0.29, 0.717) is 0 Å². The summed E-state index contributed by atoms with van der Waals surface area (Å²) in [5.74, 6) is -1.17. The maximum Gasteiger partial charge on any atom is 0.363 e. The monoisotopic (exact) mass is 340 g/mol. The molecule has 0 aliphatic heterocycles. The molecule has 1 aromatic rings. The number of alkyl halides is 3. The zero-order valence-electron chi connectivity index (χ0n) is 7.24. The molecule has 0 aliphatic carbocycles. The third kappa shape index (κ3) is 3.73. The van der Waals surface area contributed by atoms with Gasteiger partial charge in [-0.25, -0.2) is 4.79 Å². The number of esters is 1. The van der Waals surface area contributed by atoms with Crippen LogP contribution in [0.25, 0.3) is 0 Å². The highest BCUT2D eigenvalue weighted by Crippen LogP contribution is 2.37. The van der Waals surface area contributed by atoms with E-state index in [1.807, 2.05) is 0 Å². The minimum atomic E-state index is -2.20. The van der Waals surface area contributed by atoms with Crippen molar-refractivity contribution in [2.45, 2.75) is 3.79 Å². The Kier molecular flexibility index (Phi) is 4.88. The normalized spacial score (nSPS) is 11.4. The van der Waals surface area contributed by atoms with E-state index >= 15 is 0 Å². The summed E-state index contributed by atoms with van der Waals surface area (Å²) in [7, 11) is 0. The van der Waals surface area contributed by atoms with E-state index < -0.39 is 9.76 Å². The van der Waals surface area contributed by atoms with Gasteiger partial charge in [-0.1, -0.05) is 69.6 Å². The van der Waals surface area contributed by atoms with Gasteiger partial charge < -0.3 is 4.74 Å². The van der Waals surface area contributed by atoms with E-state index in [-0.39, 0.29) is 20.8 Å². The number of halogens is 6. The van der Waals surface area contributed by atoms with Crippen LogP contribution in [0.2, 0.25) is 15.1 Å². The number of benzene rings is 1. The molecule has 0 atom stereocenters. The van der Waals surface area contributed by atoms with Gasteiger partial charge in [-0.05, 0) is 6.07 Å². The number of carbonyl (C=O) groups is 1. The molecular formula is C8H2Cl6O2. The Morgan fingerprint density at radius 3 is 2.19 bits per heavy atom. The summed E-state index contributed by atoms with van der Waals surface area (Å²) in [6.07, 6.45) is 0. The molecule has 8 heteroatoms. The SMILES string of the molecule is O=C(Oc1cc(Cl)cc(Cl)c1Cl)C(Cl)(Cl)Cl.